The molecule has 0 unspecified atom stereocenters. The third kappa shape index (κ3) is 3.19. The summed E-state index contributed by atoms with van der Waals surface area (Å²) >= 11 is 0. The lowest BCUT2D eigenvalue weighted by Crippen LogP contribution is -2.34. The second-order valence-corrected chi connectivity index (χ2v) is 5.30. The van der Waals surface area contributed by atoms with Gasteiger partial charge in [-0.25, -0.2) is 4.79 Å². The van der Waals surface area contributed by atoms with Crippen molar-refractivity contribution in [1.82, 2.24) is 9.55 Å². The van der Waals surface area contributed by atoms with E-state index < -0.39 is 17.2 Å². The molecule has 0 aliphatic carbocycles. The first-order valence-electron chi connectivity index (χ1n) is 7.09. The third-order valence-corrected chi connectivity index (χ3v) is 3.40. The summed E-state index contributed by atoms with van der Waals surface area (Å²) < 4.78 is 6.33. The van der Waals surface area contributed by atoms with Crippen LogP contribution in [0.4, 0.5) is 11.4 Å². The molecule has 3 N–H and O–H groups in total. The number of carbonyl (C=O) groups excluding carboxylic acids is 2. The fourth-order valence-corrected chi connectivity index (χ4v) is 2.25. The number of aryl methyl sites for hydroxylation is 1. The van der Waals surface area contributed by atoms with Gasteiger partial charge in [0.05, 0.1) is 5.69 Å². The zero-order valence-electron chi connectivity index (χ0n) is 12.7. The number of hydrogen-bond donors (Lipinski definition) is 3. The molecule has 0 fully saturated rings. The molecule has 2 heterocycles. The van der Waals surface area contributed by atoms with Gasteiger partial charge in [-0.15, -0.1) is 0 Å². The molecule has 9 nitrogen and oxygen atoms in total. The summed E-state index contributed by atoms with van der Waals surface area (Å²) in [6.45, 7) is 1.24. The molecular weight excluding hydrogens is 316 g/mol. The maximum Gasteiger partial charge on any atom is 0.328 e. The normalized spacial score (nSPS) is 12.8. The van der Waals surface area contributed by atoms with E-state index in [-0.39, 0.29) is 19.1 Å². The number of rotatable bonds is 3. The van der Waals surface area contributed by atoms with Crippen molar-refractivity contribution in [3.8, 4) is 5.75 Å². The van der Waals surface area contributed by atoms with Gasteiger partial charge in [-0.1, -0.05) is 0 Å². The lowest BCUT2D eigenvalue weighted by Gasteiger charge is -2.18. The van der Waals surface area contributed by atoms with Gasteiger partial charge < -0.3 is 15.4 Å². The Kier molecular flexibility index (Phi) is 3.90. The first kappa shape index (κ1) is 15.5. The Morgan fingerprint density at radius 1 is 1.33 bits per heavy atom. The lowest BCUT2D eigenvalue weighted by atomic mass is 10.2. The zero-order valence-corrected chi connectivity index (χ0v) is 12.7. The SMILES string of the molecule is Cc1cn(CC(=O)Nc2ccc3c(c2)NC(=O)CO3)c(=O)[nH]c1=O. The van der Waals surface area contributed by atoms with E-state index in [0.717, 1.165) is 4.57 Å². The van der Waals surface area contributed by atoms with E-state index in [2.05, 4.69) is 15.6 Å². The smallest absolute Gasteiger partial charge is 0.328 e. The highest BCUT2D eigenvalue weighted by Crippen LogP contribution is 2.30. The third-order valence-electron chi connectivity index (χ3n) is 3.40. The number of aromatic amines is 1. The minimum Gasteiger partial charge on any atom is -0.482 e. The van der Waals surface area contributed by atoms with E-state index in [4.69, 9.17) is 4.74 Å². The number of fused-ring (bicyclic) bond motifs is 1. The molecule has 9 heteroatoms. The molecule has 0 radical (unpaired) electrons. The number of benzene rings is 1. The predicted octanol–water partition coefficient (Wildman–Crippen LogP) is -0.185. The van der Waals surface area contributed by atoms with Crippen molar-refractivity contribution in [2.75, 3.05) is 17.2 Å². The number of anilines is 2. The Balaban J connectivity index is 1.75. The molecule has 24 heavy (non-hydrogen) atoms. The van der Waals surface area contributed by atoms with Crippen LogP contribution in [-0.4, -0.2) is 28.0 Å². The van der Waals surface area contributed by atoms with E-state index in [1.807, 2.05) is 0 Å². The van der Waals surface area contributed by atoms with E-state index in [0.29, 0.717) is 22.7 Å². The van der Waals surface area contributed by atoms with Crippen molar-refractivity contribution >= 4 is 23.2 Å². The predicted molar refractivity (Wildman–Crippen MR) is 85.3 cm³/mol. The molecule has 1 aromatic carbocycles. The van der Waals surface area contributed by atoms with E-state index in [9.17, 15) is 19.2 Å². The van der Waals surface area contributed by atoms with E-state index >= 15 is 0 Å². The molecule has 0 bridgehead atoms. The van der Waals surface area contributed by atoms with Crippen molar-refractivity contribution < 1.29 is 14.3 Å². The molecular formula is C15H14N4O5. The summed E-state index contributed by atoms with van der Waals surface area (Å²) in [5.74, 6) is -0.215. The van der Waals surface area contributed by atoms with Crippen LogP contribution in [0.1, 0.15) is 5.56 Å². The number of aromatic nitrogens is 2. The van der Waals surface area contributed by atoms with Crippen LogP contribution in [0.15, 0.2) is 34.0 Å². The second kappa shape index (κ2) is 6.03. The van der Waals surface area contributed by atoms with Gasteiger partial charge in [-0.3, -0.25) is 23.9 Å². The number of H-pyrrole nitrogens is 1. The van der Waals surface area contributed by atoms with Gasteiger partial charge in [-0.05, 0) is 25.1 Å². The van der Waals surface area contributed by atoms with Crippen LogP contribution in [0.5, 0.6) is 5.75 Å². The van der Waals surface area contributed by atoms with Crippen LogP contribution in [-0.2, 0) is 16.1 Å². The maximum atomic E-state index is 12.1. The van der Waals surface area contributed by atoms with Gasteiger partial charge in [0.2, 0.25) is 5.91 Å². The average molecular weight is 330 g/mol. The number of nitrogens with zero attached hydrogens (tertiary/aromatic N) is 1. The minimum atomic E-state index is -0.660. The van der Waals surface area contributed by atoms with Gasteiger partial charge in [0, 0.05) is 17.4 Å². The standard InChI is InChI=1S/C15H14N4O5/c1-8-5-19(15(23)18-14(8)22)6-12(20)16-9-2-3-11-10(4-9)17-13(21)7-24-11/h2-5H,6-7H2,1H3,(H,16,20)(H,17,21)(H,18,22,23). The first-order chi connectivity index (χ1) is 11.4. The summed E-state index contributed by atoms with van der Waals surface area (Å²) in [7, 11) is 0. The van der Waals surface area contributed by atoms with Crippen LogP contribution >= 0.6 is 0 Å². The molecule has 0 saturated carbocycles. The highest BCUT2D eigenvalue weighted by atomic mass is 16.5. The van der Waals surface area contributed by atoms with Crippen molar-refractivity contribution in [1.29, 1.82) is 0 Å². The number of ether oxygens (including phenoxy) is 1. The van der Waals surface area contributed by atoms with Crippen LogP contribution in [0.25, 0.3) is 0 Å². The van der Waals surface area contributed by atoms with Gasteiger partial charge >= 0.3 is 5.69 Å². The molecule has 2 amide bonds. The van der Waals surface area contributed by atoms with Crippen molar-refractivity contribution in [2.45, 2.75) is 13.5 Å². The van der Waals surface area contributed by atoms with Crippen molar-refractivity contribution in [2.24, 2.45) is 0 Å². The number of hydrogen-bond acceptors (Lipinski definition) is 5. The Morgan fingerprint density at radius 3 is 2.92 bits per heavy atom. The fourth-order valence-electron chi connectivity index (χ4n) is 2.25. The summed E-state index contributed by atoms with van der Waals surface area (Å²) in [5, 5.41) is 5.25. The van der Waals surface area contributed by atoms with Crippen molar-refractivity contribution in [3.05, 3.63) is 50.8 Å². The molecule has 1 aromatic heterocycles. The zero-order chi connectivity index (χ0) is 17.3. The molecule has 1 aliphatic rings. The van der Waals surface area contributed by atoms with Gasteiger partial charge in [0.15, 0.2) is 6.61 Å². The Morgan fingerprint density at radius 2 is 2.12 bits per heavy atom. The topological polar surface area (TPSA) is 122 Å². The molecule has 124 valence electrons. The number of amides is 2. The van der Waals surface area contributed by atoms with E-state index in [1.54, 1.807) is 25.1 Å². The first-order valence-corrected chi connectivity index (χ1v) is 7.09. The fraction of sp³-hybridized carbons (Fsp3) is 0.200. The van der Waals surface area contributed by atoms with Crippen LogP contribution in [0.2, 0.25) is 0 Å². The molecule has 1 aliphatic heterocycles. The van der Waals surface area contributed by atoms with E-state index in [1.165, 1.54) is 6.20 Å². The van der Waals surface area contributed by atoms with Crippen LogP contribution in [0.3, 0.4) is 0 Å². The van der Waals surface area contributed by atoms with Crippen molar-refractivity contribution in [3.63, 3.8) is 0 Å². The van der Waals surface area contributed by atoms with Crippen LogP contribution < -0.4 is 26.6 Å². The highest BCUT2D eigenvalue weighted by molar-refractivity contribution is 5.97. The Labute approximate surface area is 135 Å². The van der Waals surface area contributed by atoms with Gasteiger partial charge in [0.1, 0.15) is 12.3 Å². The number of nitrogens with one attached hydrogen (secondary N) is 3. The highest BCUT2D eigenvalue weighted by Gasteiger charge is 2.16. The summed E-state index contributed by atoms with van der Waals surface area (Å²) in [5.41, 5.74) is 0.0878. The molecule has 3 rings (SSSR count). The molecule has 0 spiro atoms. The quantitative estimate of drug-likeness (QED) is 0.720. The van der Waals surface area contributed by atoms with Crippen LogP contribution in [0, 0.1) is 6.92 Å². The summed E-state index contributed by atoms with van der Waals surface area (Å²) in [4.78, 5) is 48.5. The molecule has 2 aromatic rings. The molecule has 0 saturated heterocycles. The molecule has 0 atom stereocenters. The minimum absolute atomic E-state index is 0.0484. The second-order valence-electron chi connectivity index (χ2n) is 5.30. The Hall–Kier alpha value is -3.36. The maximum absolute atomic E-state index is 12.1. The average Bonchev–Trinajstić information content (AvgIpc) is 2.52. The van der Waals surface area contributed by atoms with Gasteiger partial charge in [-0.2, -0.15) is 0 Å². The summed E-state index contributed by atoms with van der Waals surface area (Å²) in [6.07, 6.45) is 1.32. The summed E-state index contributed by atoms with van der Waals surface area (Å²) in [6, 6.07) is 4.81. The Bertz CT molecular complexity index is 944. The monoisotopic (exact) mass is 330 g/mol. The largest absolute Gasteiger partial charge is 0.482 e. The lowest BCUT2D eigenvalue weighted by molar-refractivity contribution is -0.118. The number of carbonyl (C=O) groups is 2. The van der Waals surface area contributed by atoms with Gasteiger partial charge in [0.25, 0.3) is 11.5 Å².